The second-order valence-electron chi connectivity index (χ2n) is 3.18. The molecular weight excluding hydrogens is 202 g/mol. The molecule has 0 aliphatic rings. The Hall–Kier alpha value is -0.770. The quantitative estimate of drug-likeness (QED) is 0.718. The predicted octanol–water partition coefficient (Wildman–Crippen LogP) is 1.61. The standard InChI is InChI=1S/C10H14ClNO2/c1-6-3-10(14)7(4-8(6)11)9(5-13)12-2/h3-4,9,12-14H,5H2,1-2H3. The number of likely N-dealkylation sites (N-methyl/N-ethyl adjacent to an activating group) is 1. The molecule has 1 rings (SSSR count). The Morgan fingerprint density at radius 1 is 1.50 bits per heavy atom. The number of halogens is 1. The van der Waals surface area contributed by atoms with Gasteiger partial charge in [-0.05, 0) is 31.7 Å². The molecule has 0 radical (unpaired) electrons. The number of hydrogen-bond acceptors (Lipinski definition) is 3. The van der Waals surface area contributed by atoms with E-state index in [-0.39, 0.29) is 18.4 Å². The van der Waals surface area contributed by atoms with Gasteiger partial charge < -0.3 is 15.5 Å². The fourth-order valence-corrected chi connectivity index (χ4v) is 1.48. The second-order valence-corrected chi connectivity index (χ2v) is 3.59. The van der Waals surface area contributed by atoms with E-state index in [1.54, 1.807) is 19.2 Å². The number of aliphatic hydroxyl groups excluding tert-OH is 1. The molecule has 4 heteroatoms. The highest BCUT2D eigenvalue weighted by atomic mass is 35.5. The van der Waals surface area contributed by atoms with Crippen molar-refractivity contribution in [1.82, 2.24) is 5.32 Å². The molecule has 78 valence electrons. The molecule has 0 aromatic heterocycles. The number of aromatic hydroxyl groups is 1. The molecule has 3 N–H and O–H groups in total. The van der Waals surface area contributed by atoms with Crippen LogP contribution in [0.2, 0.25) is 5.02 Å². The largest absolute Gasteiger partial charge is 0.508 e. The first-order valence-electron chi connectivity index (χ1n) is 4.37. The minimum atomic E-state index is -0.284. The first-order chi connectivity index (χ1) is 6.60. The summed E-state index contributed by atoms with van der Waals surface area (Å²) < 4.78 is 0. The third kappa shape index (κ3) is 2.18. The first-order valence-corrected chi connectivity index (χ1v) is 4.75. The lowest BCUT2D eigenvalue weighted by Crippen LogP contribution is -2.20. The number of hydrogen-bond donors (Lipinski definition) is 3. The maximum absolute atomic E-state index is 9.64. The summed E-state index contributed by atoms with van der Waals surface area (Å²) in [5.41, 5.74) is 1.44. The number of benzene rings is 1. The van der Waals surface area contributed by atoms with Crippen LogP contribution < -0.4 is 5.32 Å². The Morgan fingerprint density at radius 2 is 2.14 bits per heavy atom. The van der Waals surface area contributed by atoms with Crippen LogP contribution >= 0.6 is 11.6 Å². The van der Waals surface area contributed by atoms with Crippen LogP contribution in [-0.4, -0.2) is 23.9 Å². The molecule has 1 unspecified atom stereocenters. The van der Waals surface area contributed by atoms with Crippen LogP contribution in [0, 0.1) is 6.92 Å². The molecule has 0 spiro atoms. The lowest BCUT2D eigenvalue weighted by molar-refractivity contribution is 0.248. The minimum absolute atomic E-state index is 0.0799. The maximum Gasteiger partial charge on any atom is 0.120 e. The van der Waals surface area contributed by atoms with Crippen LogP contribution in [0.1, 0.15) is 17.2 Å². The molecule has 0 amide bonds. The van der Waals surface area contributed by atoms with Crippen molar-refractivity contribution in [2.24, 2.45) is 0 Å². The summed E-state index contributed by atoms with van der Waals surface area (Å²) in [6.45, 7) is 1.74. The first kappa shape index (κ1) is 11.3. The van der Waals surface area contributed by atoms with E-state index in [2.05, 4.69) is 5.32 Å². The summed E-state index contributed by atoms with van der Waals surface area (Å²) in [5, 5.41) is 22.2. The lowest BCUT2D eigenvalue weighted by atomic mass is 10.0. The van der Waals surface area contributed by atoms with E-state index in [9.17, 15) is 5.11 Å². The molecule has 1 atom stereocenters. The zero-order valence-corrected chi connectivity index (χ0v) is 8.97. The second kappa shape index (κ2) is 4.64. The average Bonchev–Trinajstić information content (AvgIpc) is 2.15. The molecule has 0 aliphatic carbocycles. The van der Waals surface area contributed by atoms with E-state index >= 15 is 0 Å². The van der Waals surface area contributed by atoms with Crippen LogP contribution in [0.3, 0.4) is 0 Å². The highest BCUT2D eigenvalue weighted by Crippen LogP contribution is 2.29. The number of nitrogens with one attached hydrogen (secondary N) is 1. The van der Waals surface area contributed by atoms with Crippen LogP contribution in [-0.2, 0) is 0 Å². The van der Waals surface area contributed by atoms with Crippen molar-refractivity contribution < 1.29 is 10.2 Å². The fourth-order valence-electron chi connectivity index (χ4n) is 1.31. The zero-order chi connectivity index (χ0) is 10.7. The molecule has 0 aliphatic heterocycles. The van der Waals surface area contributed by atoms with Gasteiger partial charge >= 0.3 is 0 Å². The van der Waals surface area contributed by atoms with Crippen LogP contribution in [0.5, 0.6) is 5.75 Å². The normalized spacial score (nSPS) is 12.9. The Kier molecular flexibility index (Phi) is 3.75. The van der Waals surface area contributed by atoms with E-state index in [4.69, 9.17) is 16.7 Å². The Labute approximate surface area is 88.3 Å². The topological polar surface area (TPSA) is 52.5 Å². The molecule has 1 aromatic carbocycles. The molecule has 14 heavy (non-hydrogen) atoms. The van der Waals surface area contributed by atoms with Gasteiger partial charge in [0.15, 0.2) is 0 Å². The average molecular weight is 216 g/mol. The molecule has 0 heterocycles. The van der Waals surface area contributed by atoms with Crippen molar-refractivity contribution in [2.45, 2.75) is 13.0 Å². The summed E-state index contributed by atoms with van der Waals surface area (Å²) in [5.74, 6) is 0.153. The number of phenols is 1. The molecular formula is C10H14ClNO2. The molecule has 3 nitrogen and oxygen atoms in total. The van der Waals surface area contributed by atoms with E-state index in [1.165, 1.54) is 0 Å². The van der Waals surface area contributed by atoms with Crippen LogP contribution in [0.4, 0.5) is 0 Å². The maximum atomic E-state index is 9.64. The Bertz CT molecular complexity index is 324. The van der Waals surface area contributed by atoms with Gasteiger partial charge in [0, 0.05) is 10.6 Å². The van der Waals surface area contributed by atoms with Crippen molar-refractivity contribution in [2.75, 3.05) is 13.7 Å². The van der Waals surface area contributed by atoms with Crippen molar-refractivity contribution in [3.8, 4) is 5.75 Å². The third-order valence-corrected chi connectivity index (χ3v) is 2.62. The molecule has 1 aromatic rings. The predicted molar refractivity (Wildman–Crippen MR) is 56.7 cm³/mol. The Balaban J connectivity index is 3.14. The van der Waals surface area contributed by atoms with Gasteiger partial charge in [0.05, 0.1) is 12.6 Å². The van der Waals surface area contributed by atoms with Crippen LogP contribution in [0.15, 0.2) is 12.1 Å². The highest BCUT2D eigenvalue weighted by molar-refractivity contribution is 6.31. The molecule has 0 saturated carbocycles. The van der Waals surface area contributed by atoms with E-state index < -0.39 is 0 Å². The summed E-state index contributed by atoms with van der Waals surface area (Å²) in [6, 6.07) is 2.98. The van der Waals surface area contributed by atoms with Gasteiger partial charge in [0.2, 0.25) is 0 Å². The zero-order valence-electron chi connectivity index (χ0n) is 8.21. The van der Waals surface area contributed by atoms with Crippen molar-refractivity contribution >= 4 is 11.6 Å². The van der Waals surface area contributed by atoms with Gasteiger partial charge in [-0.2, -0.15) is 0 Å². The summed E-state index contributed by atoms with van der Waals surface area (Å²) >= 11 is 5.92. The van der Waals surface area contributed by atoms with E-state index in [0.29, 0.717) is 10.6 Å². The van der Waals surface area contributed by atoms with Crippen molar-refractivity contribution in [1.29, 1.82) is 0 Å². The molecule has 0 saturated heterocycles. The summed E-state index contributed by atoms with van der Waals surface area (Å²) in [7, 11) is 1.72. The number of rotatable bonds is 3. The summed E-state index contributed by atoms with van der Waals surface area (Å²) in [4.78, 5) is 0. The van der Waals surface area contributed by atoms with Gasteiger partial charge in [-0.25, -0.2) is 0 Å². The van der Waals surface area contributed by atoms with Crippen molar-refractivity contribution in [3.05, 3.63) is 28.3 Å². The smallest absolute Gasteiger partial charge is 0.120 e. The third-order valence-electron chi connectivity index (χ3n) is 2.21. The molecule has 0 fully saturated rings. The number of aliphatic hydroxyl groups is 1. The van der Waals surface area contributed by atoms with Gasteiger partial charge in [0.25, 0.3) is 0 Å². The Morgan fingerprint density at radius 3 is 2.64 bits per heavy atom. The summed E-state index contributed by atoms with van der Waals surface area (Å²) in [6.07, 6.45) is 0. The van der Waals surface area contributed by atoms with Crippen molar-refractivity contribution in [3.63, 3.8) is 0 Å². The number of phenolic OH excluding ortho intramolecular Hbond substituents is 1. The lowest BCUT2D eigenvalue weighted by Gasteiger charge is -2.16. The SMILES string of the molecule is CNC(CO)c1cc(Cl)c(C)cc1O. The van der Waals surface area contributed by atoms with Gasteiger partial charge in [-0.3, -0.25) is 0 Å². The monoisotopic (exact) mass is 215 g/mol. The molecule has 0 bridgehead atoms. The van der Waals surface area contributed by atoms with Crippen LogP contribution in [0.25, 0.3) is 0 Å². The minimum Gasteiger partial charge on any atom is -0.508 e. The van der Waals surface area contributed by atoms with Gasteiger partial charge in [0.1, 0.15) is 5.75 Å². The van der Waals surface area contributed by atoms with Gasteiger partial charge in [-0.15, -0.1) is 0 Å². The fraction of sp³-hybridized carbons (Fsp3) is 0.400. The van der Waals surface area contributed by atoms with E-state index in [1.807, 2.05) is 6.92 Å². The number of aryl methyl sites for hydroxylation is 1. The highest BCUT2D eigenvalue weighted by Gasteiger charge is 2.13. The van der Waals surface area contributed by atoms with E-state index in [0.717, 1.165) is 5.56 Å². The van der Waals surface area contributed by atoms with Gasteiger partial charge in [-0.1, -0.05) is 11.6 Å².